The quantitative estimate of drug-likeness (QED) is 0.0526. The highest BCUT2D eigenvalue weighted by molar-refractivity contribution is 5.98. The number of oxazole rings is 1. The number of carbonyl (C=O) groups excluding carboxylic acids is 6. The molecule has 1 aromatic heterocycles. The highest BCUT2D eigenvalue weighted by atomic mass is 16.6. The van der Waals surface area contributed by atoms with Gasteiger partial charge >= 0.3 is 0 Å². The van der Waals surface area contributed by atoms with Gasteiger partial charge in [0, 0.05) is 17.9 Å². The minimum atomic E-state index is -2.29. The van der Waals surface area contributed by atoms with Gasteiger partial charge in [0.05, 0.1) is 66.3 Å². The molecule has 4 aliphatic heterocycles. The van der Waals surface area contributed by atoms with Crippen molar-refractivity contribution in [1.29, 1.82) is 0 Å². The largest absolute Gasteiger partial charge is 0.493 e. The number of fused-ring (bicyclic) bond motifs is 1. The smallest absolute Gasteiger partial charge is 0.246 e. The van der Waals surface area contributed by atoms with E-state index < -0.39 is 159 Å². The minimum Gasteiger partial charge on any atom is -0.493 e. The monoisotopic (exact) mass is 1160 g/mol. The van der Waals surface area contributed by atoms with E-state index in [0.29, 0.717) is 39.5 Å². The lowest BCUT2D eigenvalue weighted by Crippen LogP contribution is -2.70. The van der Waals surface area contributed by atoms with Gasteiger partial charge < -0.3 is 113 Å². The van der Waals surface area contributed by atoms with Crippen LogP contribution in [0.5, 0.6) is 17.2 Å². The number of methoxy groups -OCH3 is 3. The predicted molar refractivity (Wildman–Crippen MR) is 289 cm³/mol. The molecule has 2 fully saturated rings. The number of nitrogens with two attached hydrogens (primary N) is 2. The first-order chi connectivity index (χ1) is 39.7. The van der Waals surface area contributed by atoms with Crippen LogP contribution in [0.2, 0.25) is 0 Å². The number of nitrogens with zero attached hydrogens (tertiary/aromatic N) is 4. The number of amides is 6. The minimum absolute atomic E-state index is 0.130. The van der Waals surface area contributed by atoms with E-state index in [1.807, 2.05) is 0 Å². The number of aliphatic hydroxyl groups excluding tert-OH is 7. The first kappa shape index (κ1) is 60.7. The van der Waals surface area contributed by atoms with E-state index in [4.69, 9.17) is 34.8 Å². The van der Waals surface area contributed by atoms with Crippen LogP contribution in [-0.4, -0.2) is 232 Å². The van der Waals surface area contributed by atoms with E-state index in [0.717, 1.165) is 4.90 Å². The molecule has 83 heavy (non-hydrogen) atoms. The van der Waals surface area contributed by atoms with Crippen molar-refractivity contribution in [3.8, 4) is 28.7 Å². The Morgan fingerprint density at radius 1 is 0.699 bits per heavy atom. The third-order valence-electron chi connectivity index (χ3n) is 14.7. The second-order valence-corrected chi connectivity index (χ2v) is 20.0. The van der Waals surface area contributed by atoms with Crippen LogP contribution in [0.1, 0.15) is 24.0 Å². The van der Waals surface area contributed by atoms with Gasteiger partial charge in [-0.3, -0.25) is 38.8 Å². The van der Waals surface area contributed by atoms with Gasteiger partial charge in [-0.1, -0.05) is 43.3 Å². The highest BCUT2D eigenvalue weighted by Gasteiger charge is 2.52. The summed E-state index contributed by atoms with van der Waals surface area (Å²) in [5.74, 6) is -7.29. The van der Waals surface area contributed by atoms with Crippen LogP contribution in [0.4, 0.5) is 0 Å². The van der Waals surface area contributed by atoms with Gasteiger partial charge in [-0.15, -0.1) is 0 Å². The number of ether oxygens (including phenoxy) is 4. The third-order valence-corrected chi connectivity index (χ3v) is 14.7. The lowest BCUT2D eigenvalue weighted by atomic mass is 9.92. The summed E-state index contributed by atoms with van der Waals surface area (Å²) in [6.45, 7) is -1.99. The summed E-state index contributed by atoms with van der Waals surface area (Å²) in [5.41, 5.74) is 14.1. The summed E-state index contributed by atoms with van der Waals surface area (Å²) < 4.78 is 28.4. The van der Waals surface area contributed by atoms with Gasteiger partial charge in [0.15, 0.2) is 35.2 Å². The molecule has 0 aliphatic carbocycles. The summed E-state index contributed by atoms with van der Waals surface area (Å²) in [5, 5.41) is 94.5. The van der Waals surface area contributed by atoms with Crippen molar-refractivity contribution in [3.05, 3.63) is 71.8 Å². The van der Waals surface area contributed by atoms with Crippen molar-refractivity contribution in [3.63, 3.8) is 0 Å². The standard InChI is InChI=1S/C52H67N13O18/c1-21(23-8-6-5-7-9-23)35-46(76)58-26(12-22-10-11-25-30(13-22)82-49(60-25)24-14-31(79-2)43(81-4)32(15-24)80-3)45(75)63-36(38(69)27-16-56-51(53)61-27)48(78)64-37(47(77)59-28(19-66)44(74)55-18-34(68)62-35)39(70)29-17-57-52(54)65(29)50-42(73)41(72)40(71)33(20-67)83-50/h5-11,13-15,21,26-29,33,35-42,50,66-67,69-73H,12,16-20H2,1-4H3,(H2,54,57)(H,55,74)(H,58,76)(H,59,77)(H,62,68)(H,63,75)(H,64,78)(H3,53,56,61)/t21-,26+,27-,28-,29-,33+,35-,36-,37+,38+,39-,40+,41-,42-,50-/m0/s1. The van der Waals surface area contributed by atoms with Gasteiger partial charge in [-0.2, -0.15) is 0 Å². The molecule has 31 nitrogen and oxygen atoms in total. The molecule has 0 radical (unpaired) electrons. The SMILES string of the molecule is COc1cc(-c2nc3ccc(C[C@H]4NC(=O)[C@H]([C@@H](C)c5ccccc5)NC(=O)CNC(=O)[C@H](CO)NC(=O)[C@@H]([C@@H](O)[C@@H]5CN=C(N)N5[C@H]5O[C@H](CO)[C@@H](O)[C@H](O)[C@@H]5O)NC(=O)[C@H]([C@H](O)[C@@H]5CN=C(N)N5)NC4=O)cc3o2)cc(OC)c1OC. The Balaban J connectivity index is 1.19. The number of guanidine groups is 2. The van der Waals surface area contributed by atoms with Gasteiger partial charge in [-0.25, -0.2) is 4.98 Å². The second-order valence-electron chi connectivity index (χ2n) is 20.0. The molecular weight excluding hydrogens is 1090 g/mol. The average molecular weight is 1160 g/mol. The number of aromatic nitrogens is 1. The molecule has 4 aromatic rings. The molecule has 0 spiro atoms. The zero-order chi connectivity index (χ0) is 60.0. The molecule has 5 heterocycles. The molecule has 6 amide bonds. The lowest BCUT2D eigenvalue weighted by molar-refractivity contribution is -0.260. The third kappa shape index (κ3) is 13.1. The Morgan fingerprint density at radius 2 is 1.35 bits per heavy atom. The molecule has 31 heteroatoms. The number of rotatable bonds is 15. The van der Waals surface area contributed by atoms with Crippen LogP contribution in [0.3, 0.4) is 0 Å². The molecule has 0 bridgehead atoms. The average Bonchev–Trinajstić information content (AvgIpc) is 3.81. The molecule has 4 aliphatic rings. The fraction of sp³-hybridized carbons (Fsp3) is 0.481. The fourth-order valence-electron chi connectivity index (χ4n) is 10.1. The zero-order valence-electron chi connectivity index (χ0n) is 45.2. The maximum Gasteiger partial charge on any atom is 0.246 e. The number of aliphatic hydroxyl groups is 7. The number of benzene rings is 3. The number of hydrogen-bond acceptors (Lipinski definition) is 25. The van der Waals surface area contributed by atoms with Crippen molar-refractivity contribution in [1.82, 2.24) is 47.1 Å². The van der Waals surface area contributed by atoms with Gasteiger partial charge in [-0.05, 0) is 35.4 Å². The maximum atomic E-state index is 15.1. The predicted octanol–water partition coefficient (Wildman–Crippen LogP) is -6.78. The Labute approximate surface area is 472 Å². The van der Waals surface area contributed by atoms with E-state index in [2.05, 4.69) is 52.2 Å². The molecule has 2 saturated heterocycles. The summed E-state index contributed by atoms with van der Waals surface area (Å²) in [6.07, 6.45) is -13.7. The van der Waals surface area contributed by atoms with Crippen LogP contribution in [-0.2, 0) is 39.9 Å². The number of carbonyl (C=O) groups is 6. The fourth-order valence-corrected chi connectivity index (χ4v) is 10.1. The first-order valence-electron chi connectivity index (χ1n) is 26.2. The van der Waals surface area contributed by atoms with E-state index in [-0.39, 0.29) is 30.4 Å². The van der Waals surface area contributed by atoms with Crippen molar-refractivity contribution in [2.24, 2.45) is 21.5 Å². The second kappa shape index (κ2) is 26.2. The van der Waals surface area contributed by atoms with Crippen LogP contribution >= 0.6 is 0 Å². The Hall–Kier alpha value is -8.43. The maximum absolute atomic E-state index is 15.1. The van der Waals surface area contributed by atoms with Crippen LogP contribution in [0.15, 0.2) is 75.1 Å². The number of nitrogens with one attached hydrogen (secondary N) is 7. The summed E-state index contributed by atoms with van der Waals surface area (Å²) in [7, 11) is 4.33. The normalized spacial score (nSPS) is 28.8. The van der Waals surface area contributed by atoms with E-state index in [1.54, 1.807) is 67.6 Å². The van der Waals surface area contributed by atoms with Gasteiger partial charge in [0.1, 0.15) is 72.3 Å². The van der Waals surface area contributed by atoms with E-state index in [1.165, 1.54) is 21.3 Å². The van der Waals surface area contributed by atoms with Crippen LogP contribution < -0.4 is 62.9 Å². The van der Waals surface area contributed by atoms with Gasteiger partial charge in [0.2, 0.25) is 47.1 Å². The summed E-state index contributed by atoms with van der Waals surface area (Å²) in [6, 6.07) is 4.15. The van der Waals surface area contributed by atoms with Gasteiger partial charge in [0.25, 0.3) is 0 Å². The molecule has 448 valence electrons. The summed E-state index contributed by atoms with van der Waals surface area (Å²) >= 11 is 0. The molecule has 0 unspecified atom stereocenters. The van der Waals surface area contributed by atoms with Crippen LogP contribution in [0, 0.1) is 0 Å². The van der Waals surface area contributed by atoms with Crippen molar-refractivity contribution in [2.75, 3.05) is 54.2 Å². The van der Waals surface area contributed by atoms with E-state index in [9.17, 15) is 54.9 Å². The van der Waals surface area contributed by atoms with Crippen molar-refractivity contribution >= 4 is 58.5 Å². The zero-order valence-corrected chi connectivity index (χ0v) is 45.2. The molecule has 8 rings (SSSR count). The Morgan fingerprint density at radius 3 is 1.99 bits per heavy atom. The Kier molecular flexibility index (Phi) is 19.2. The molecule has 3 aromatic carbocycles. The molecule has 18 N–H and O–H groups in total. The lowest BCUT2D eigenvalue weighted by Gasteiger charge is -2.46. The number of hydrogen-bond donors (Lipinski definition) is 16. The highest BCUT2D eigenvalue weighted by Crippen LogP contribution is 2.41. The molecular formula is C52H67N13O18. The first-order valence-corrected chi connectivity index (χ1v) is 26.2. The van der Waals surface area contributed by atoms with Crippen molar-refractivity contribution in [2.45, 2.75) is 104 Å². The Bertz CT molecular complexity index is 3070. The molecule has 0 saturated carbocycles. The number of aliphatic imine (C=N–C) groups is 2. The van der Waals surface area contributed by atoms with E-state index >= 15 is 9.59 Å². The topological polar surface area (TPSA) is 471 Å². The summed E-state index contributed by atoms with van der Waals surface area (Å²) in [4.78, 5) is 101. The van der Waals surface area contributed by atoms with Crippen molar-refractivity contribution < 1.29 is 87.9 Å². The molecule has 15 atom stereocenters. The van der Waals surface area contributed by atoms with Crippen LogP contribution in [0.25, 0.3) is 22.6 Å².